The maximum atomic E-state index is 13.6. The molecule has 42 heavy (non-hydrogen) atoms. The number of anilines is 3. The summed E-state index contributed by atoms with van der Waals surface area (Å²) in [5, 5.41) is 2.92. The number of carbonyl (C=O) groups excluding carboxylic acids is 1. The van der Waals surface area contributed by atoms with E-state index >= 15 is 0 Å². The third kappa shape index (κ3) is 6.29. The van der Waals surface area contributed by atoms with Gasteiger partial charge in [-0.05, 0) is 49.7 Å². The summed E-state index contributed by atoms with van der Waals surface area (Å²) in [7, 11) is 0. The second-order valence-electron chi connectivity index (χ2n) is 9.57. The Balaban J connectivity index is 1.43. The number of nitrogens with two attached hydrogens (primary N) is 2. The van der Waals surface area contributed by atoms with Crippen molar-refractivity contribution in [3.05, 3.63) is 78.3 Å². The van der Waals surface area contributed by atoms with E-state index in [4.69, 9.17) is 20.9 Å². The molecule has 0 atom stereocenters. The molecule has 10 nitrogen and oxygen atoms in total. The predicted molar refractivity (Wildman–Crippen MR) is 155 cm³/mol. The molecule has 5 N–H and O–H groups in total. The molecule has 0 unspecified atom stereocenters. The Kier molecular flexibility index (Phi) is 8.00. The second kappa shape index (κ2) is 11.8. The average molecular weight is 579 g/mol. The van der Waals surface area contributed by atoms with Crippen molar-refractivity contribution in [2.45, 2.75) is 26.1 Å². The van der Waals surface area contributed by atoms with Gasteiger partial charge in [0.05, 0.1) is 23.1 Å². The van der Waals surface area contributed by atoms with Crippen molar-refractivity contribution in [2.24, 2.45) is 16.5 Å². The maximum absolute atomic E-state index is 13.6. The van der Waals surface area contributed by atoms with Crippen molar-refractivity contribution in [1.29, 1.82) is 0 Å². The molecule has 1 aliphatic heterocycles. The van der Waals surface area contributed by atoms with Gasteiger partial charge in [-0.1, -0.05) is 24.3 Å². The summed E-state index contributed by atoms with van der Waals surface area (Å²) >= 11 is 0. The first-order chi connectivity index (χ1) is 20.1. The highest BCUT2D eigenvalue weighted by molar-refractivity contribution is 6.03. The summed E-state index contributed by atoms with van der Waals surface area (Å²) in [5.41, 5.74) is 12.5. The molecule has 0 spiro atoms. The van der Waals surface area contributed by atoms with Crippen molar-refractivity contribution >= 4 is 29.2 Å². The Morgan fingerprint density at radius 3 is 2.62 bits per heavy atom. The van der Waals surface area contributed by atoms with E-state index in [1.165, 1.54) is 11.0 Å². The number of hydrogen-bond donors (Lipinski definition) is 3. The molecular formula is C29H29F3N8O2. The number of pyridine rings is 1. The summed E-state index contributed by atoms with van der Waals surface area (Å²) in [6.07, 6.45) is -2.27. The molecule has 0 fully saturated rings. The van der Waals surface area contributed by atoms with Crippen LogP contribution in [0.25, 0.3) is 22.6 Å². The summed E-state index contributed by atoms with van der Waals surface area (Å²) in [4.78, 5) is 30.0. The number of benzene rings is 2. The van der Waals surface area contributed by atoms with E-state index in [9.17, 15) is 18.0 Å². The normalized spacial score (nSPS) is 13.3. The average Bonchev–Trinajstić information content (AvgIpc) is 3.37. The van der Waals surface area contributed by atoms with Gasteiger partial charge in [0.2, 0.25) is 5.89 Å². The van der Waals surface area contributed by atoms with Gasteiger partial charge in [0.1, 0.15) is 6.54 Å². The van der Waals surface area contributed by atoms with E-state index in [2.05, 4.69) is 20.2 Å². The summed E-state index contributed by atoms with van der Waals surface area (Å²) in [6, 6.07) is 15.1. The van der Waals surface area contributed by atoms with Crippen molar-refractivity contribution in [2.75, 3.05) is 34.8 Å². The number of alkyl halides is 3. The topological polar surface area (TPSA) is 139 Å². The zero-order valence-electron chi connectivity index (χ0n) is 22.7. The molecule has 13 heteroatoms. The Hall–Kier alpha value is -5.07. The number of aromatic nitrogens is 2. The van der Waals surface area contributed by atoms with E-state index in [0.717, 1.165) is 17.8 Å². The second-order valence-corrected chi connectivity index (χ2v) is 9.57. The zero-order valence-corrected chi connectivity index (χ0v) is 22.7. The van der Waals surface area contributed by atoms with Gasteiger partial charge in [-0.15, -0.1) is 0 Å². The Bertz CT molecular complexity index is 1610. The SMILES string of the molecule is CCN1CCCN(C(=O)Nc2cccc(-c3cnc(CN=C(N)N)o3)c2)c2nc(-c3cccc(C(F)(F)F)c3)ccc21. The fraction of sp³-hybridized carbons (Fsp3) is 0.241. The number of halogens is 3. The van der Waals surface area contributed by atoms with Crippen LogP contribution in [0.2, 0.25) is 0 Å². The van der Waals surface area contributed by atoms with Crippen LogP contribution in [0, 0.1) is 0 Å². The lowest BCUT2D eigenvalue weighted by Gasteiger charge is -2.25. The van der Waals surface area contributed by atoms with Crippen LogP contribution in [-0.2, 0) is 12.7 Å². The molecular weight excluding hydrogens is 549 g/mol. The number of urea groups is 1. The van der Waals surface area contributed by atoms with Gasteiger partial charge in [-0.2, -0.15) is 13.2 Å². The number of fused-ring (bicyclic) bond motifs is 1. The molecule has 0 saturated carbocycles. The lowest BCUT2D eigenvalue weighted by Crippen LogP contribution is -2.36. The molecule has 3 heterocycles. The van der Waals surface area contributed by atoms with Gasteiger partial charge in [-0.25, -0.2) is 19.8 Å². The number of nitrogens with zero attached hydrogens (tertiary/aromatic N) is 5. The summed E-state index contributed by atoms with van der Waals surface area (Å²) < 4.78 is 45.8. The van der Waals surface area contributed by atoms with Crippen LogP contribution in [0.5, 0.6) is 0 Å². The molecule has 1 aliphatic rings. The van der Waals surface area contributed by atoms with Crippen LogP contribution in [0.4, 0.5) is 35.2 Å². The number of nitrogens with one attached hydrogen (secondary N) is 1. The van der Waals surface area contributed by atoms with Gasteiger partial charge >= 0.3 is 12.2 Å². The van der Waals surface area contributed by atoms with Crippen LogP contribution in [0.1, 0.15) is 24.8 Å². The minimum Gasteiger partial charge on any atom is -0.439 e. The minimum absolute atomic E-state index is 0.0759. The van der Waals surface area contributed by atoms with Crippen molar-refractivity contribution < 1.29 is 22.4 Å². The van der Waals surface area contributed by atoms with Crippen molar-refractivity contribution in [3.8, 4) is 22.6 Å². The molecule has 5 rings (SSSR count). The lowest BCUT2D eigenvalue weighted by molar-refractivity contribution is -0.137. The molecule has 2 aromatic carbocycles. The van der Waals surface area contributed by atoms with Gasteiger partial charge in [-0.3, -0.25) is 4.90 Å². The van der Waals surface area contributed by atoms with Crippen LogP contribution in [0.3, 0.4) is 0 Å². The van der Waals surface area contributed by atoms with Crippen molar-refractivity contribution in [3.63, 3.8) is 0 Å². The highest BCUT2D eigenvalue weighted by atomic mass is 19.4. The number of amides is 2. The molecule has 0 bridgehead atoms. The molecule has 2 aromatic heterocycles. The fourth-order valence-corrected chi connectivity index (χ4v) is 4.69. The van der Waals surface area contributed by atoms with Crippen LogP contribution < -0.4 is 26.6 Å². The number of guanidine groups is 1. The Morgan fingerprint density at radius 2 is 1.86 bits per heavy atom. The molecule has 0 radical (unpaired) electrons. The van der Waals surface area contributed by atoms with E-state index in [-0.39, 0.29) is 12.5 Å². The predicted octanol–water partition coefficient (Wildman–Crippen LogP) is 5.46. The molecule has 2 amide bonds. The zero-order chi connectivity index (χ0) is 29.9. The first kappa shape index (κ1) is 28.5. The van der Waals surface area contributed by atoms with Crippen LogP contribution in [-0.4, -0.2) is 41.6 Å². The number of hydrogen-bond acceptors (Lipinski definition) is 6. The maximum Gasteiger partial charge on any atom is 0.416 e. The summed E-state index contributed by atoms with van der Waals surface area (Å²) in [6.45, 7) is 3.83. The van der Waals surface area contributed by atoms with E-state index in [1.807, 2.05) is 13.0 Å². The first-order valence-corrected chi connectivity index (χ1v) is 13.2. The number of oxazole rings is 1. The van der Waals surface area contributed by atoms with Crippen LogP contribution >= 0.6 is 0 Å². The van der Waals surface area contributed by atoms with Gasteiger partial charge < -0.3 is 26.1 Å². The van der Waals surface area contributed by atoms with Gasteiger partial charge in [0.25, 0.3) is 0 Å². The van der Waals surface area contributed by atoms with Gasteiger partial charge in [0, 0.05) is 36.4 Å². The monoisotopic (exact) mass is 578 g/mol. The first-order valence-electron chi connectivity index (χ1n) is 13.2. The minimum atomic E-state index is -4.49. The fourth-order valence-electron chi connectivity index (χ4n) is 4.69. The quantitative estimate of drug-likeness (QED) is 0.204. The molecule has 218 valence electrons. The van der Waals surface area contributed by atoms with E-state index in [1.54, 1.807) is 42.6 Å². The Labute approximate surface area is 239 Å². The third-order valence-electron chi connectivity index (χ3n) is 6.72. The highest BCUT2D eigenvalue weighted by Gasteiger charge is 2.31. The van der Waals surface area contributed by atoms with Crippen LogP contribution in [0.15, 0.2) is 76.3 Å². The number of rotatable bonds is 6. The highest BCUT2D eigenvalue weighted by Crippen LogP contribution is 2.36. The standard InChI is InChI=1S/C29H29F3N8O2/c1-2-39-12-5-13-40(26-23(39)11-10-22(38-26)18-6-3-8-20(14-18)29(30,31)32)28(41)37-21-9-4-7-19(15-21)24-16-35-25(42-24)17-36-27(33)34/h3-4,6-11,14-16H,2,5,12-13,17H2,1H3,(H,37,41)(H4,33,34,36). The lowest BCUT2D eigenvalue weighted by atomic mass is 10.1. The third-order valence-corrected chi connectivity index (χ3v) is 6.72. The van der Waals surface area contributed by atoms with Crippen molar-refractivity contribution in [1.82, 2.24) is 9.97 Å². The molecule has 4 aromatic rings. The molecule has 0 aliphatic carbocycles. The van der Waals surface area contributed by atoms with E-state index < -0.39 is 17.8 Å². The van der Waals surface area contributed by atoms with E-state index in [0.29, 0.717) is 66.0 Å². The van der Waals surface area contributed by atoms with Gasteiger partial charge in [0.15, 0.2) is 17.5 Å². The summed E-state index contributed by atoms with van der Waals surface area (Å²) in [5.74, 6) is 1.10. The number of carbonyl (C=O) groups is 1. The number of aliphatic imine (C=N–C) groups is 1. The smallest absolute Gasteiger partial charge is 0.416 e. The largest absolute Gasteiger partial charge is 0.439 e. The Morgan fingerprint density at radius 1 is 1.07 bits per heavy atom. The molecule has 0 saturated heterocycles.